The van der Waals surface area contributed by atoms with E-state index in [1.165, 1.54) is 31.4 Å². The van der Waals surface area contributed by atoms with Crippen molar-refractivity contribution in [1.29, 1.82) is 0 Å². The van der Waals surface area contributed by atoms with Gasteiger partial charge in [0.25, 0.3) is 5.91 Å². The Labute approximate surface area is 141 Å². The summed E-state index contributed by atoms with van der Waals surface area (Å²) in [5.74, 6) is -0.856. The first kappa shape index (κ1) is 16.1. The minimum atomic E-state index is -0.687. The smallest absolute Gasteiger partial charge is 0.340 e. The van der Waals surface area contributed by atoms with Gasteiger partial charge in [-0.3, -0.25) is 9.36 Å². The fraction of sp³-hybridized carbons (Fsp3) is 0.0625. The first-order chi connectivity index (χ1) is 12.1. The lowest BCUT2D eigenvalue weighted by Crippen LogP contribution is -2.17. The first-order valence-electron chi connectivity index (χ1n) is 7.13. The van der Waals surface area contributed by atoms with Crippen molar-refractivity contribution < 1.29 is 19.4 Å². The topological polar surface area (TPSA) is 119 Å². The molecule has 0 aliphatic rings. The van der Waals surface area contributed by atoms with Crippen LogP contribution in [0.5, 0.6) is 5.75 Å². The van der Waals surface area contributed by atoms with Crippen LogP contribution in [-0.4, -0.2) is 43.8 Å². The van der Waals surface area contributed by atoms with E-state index in [2.05, 4.69) is 25.2 Å². The van der Waals surface area contributed by atoms with E-state index in [0.29, 0.717) is 5.82 Å². The summed E-state index contributed by atoms with van der Waals surface area (Å²) in [6.45, 7) is 0. The standard InChI is InChI=1S/C16H13N5O4/c1-25-16(24)11-8-10(22)2-3-12(11)18-15(23)13-4-5-14(20-19-13)21-7-6-17-9-21/h2-9,22H,1H3,(H,18,23). The molecule has 0 saturated heterocycles. The number of aromatic hydroxyl groups is 1. The number of methoxy groups -OCH3 is 1. The zero-order valence-electron chi connectivity index (χ0n) is 13.1. The number of esters is 1. The van der Waals surface area contributed by atoms with Crippen LogP contribution in [0.25, 0.3) is 5.82 Å². The number of carbonyl (C=O) groups excluding carboxylic acids is 2. The summed E-state index contributed by atoms with van der Waals surface area (Å²) in [6.07, 6.45) is 4.85. The van der Waals surface area contributed by atoms with Crippen LogP contribution in [0.1, 0.15) is 20.8 Å². The van der Waals surface area contributed by atoms with Crippen LogP contribution in [0.2, 0.25) is 0 Å². The maximum Gasteiger partial charge on any atom is 0.340 e. The third-order valence-corrected chi connectivity index (χ3v) is 3.31. The summed E-state index contributed by atoms with van der Waals surface area (Å²) < 4.78 is 6.28. The van der Waals surface area contributed by atoms with E-state index in [1.54, 1.807) is 29.4 Å². The molecule has 0 bridgehead atoms. The summed E-state index contributed by atoms with van der Waals surface area (Å²) >= 11 is 0. The third-order valence-electron chi connectivity index (χ3n) is 3.31. The van der Waals surface area contributed by atoms with Gasteiger partial charge in [-0.2, -0.15) is 0 Å². The molecule has 126 valence electrons. The van der Waals surface area contributed by atoms with Gasteiger partial charge in [-0.1, -0.05) is 0 Å². The minimum absolute atomic E-state index is 0.0267. The minimum Gasteiger partial charge on any atom is -0.508 e. The number of nitrogens with one attached hydrogen (secondary N) is 1. The molecule has 2 aromatic heterocycles. The second-order valence-electron chi connectivity index (χ2n) is 4.92. The molecule has 9 nitrogen and oxygen atoms in total. The number of rotatable bonds is 4. The molecule has 1 amide bonds. The number of hydrogen-bond acceptors (Lipinski definition) is 7. The van der Waals surface area contributed by atoms with Gasteiger partial charge in [-0.25, -0.2) is 9.78 Å². The number of carbonyl (C=O) groups is 2. The average molecular weight is 339 g/mol. The number of phenolic OH excluding ortho intramolecular Hbond substituents is 1. The van der Waals surface area contributed by atoms with Crippen LogP contribution < -0.4 is 5.32 Å². The van der Waals surface area contributed by atoms with Crippen molar-refractivity contribution >= 4 is 17.6 Å². The van der Waals surface area contributed by atoms with Crippen LogP contribution in [0, 0.1) is 0 Å². The molecule has 0 unspecified atom stereocenters. The van der Waals surface area contributed by atoms with E-state index in [9.17, 15) is 14.7 Å². The van der Waals surface area contributed by atoms with Crippen LogP contribution in [0.3, 0.4) is 0 Å². The van der Waals surface area contributed by atoms with Gasteiger partial charge in [0.05, 0.1) is 18.4 Å². The molecule has 0 aliphatic carbocycles. The summed E-state index contributed by atoms with van der Waals surface area (Å²) in [5.41, 5.74) is 0.279. The highest BCUT2D eigenvalue weighted by atomic mass is 16.5. The molecule has 2 N–H and O–H groups in total. The summed E-state index contributed by atoms with van der Waals surface area (Å²) in [5, 5.41) is 19.9. The Kier molecular flexibility index (Phi) is 4.38. The molecule has 1 aromatic carbocycles. The lowest BCUT2D eigenvalue weighted by Gasteiger charge is -2.10. The summed E-state index contributed by atoms with van der Waals surface area (Å²) in [7, 11) is 1.21. The molecule has 3 aromatic rings. The van der Waals surface area contributed by atoms with E-state index in [-0.39, 0.29) is 22.7 Å². The van der Waals surface area contributed by atoms with E-state index in [4.69, 9.17) is 0 Å². The molecule has 0 atom stereocenters. The maximum absolute atomic E-state index is 12.3. The predicted molar refractivity (Wildman–Crippen MR) is 86.6 cm³/mol. The van der Waals surface area contributed by atoms with Crippen molar-refractivity contribution in [3.63, 3.8) is 0 Å². The second-order valence-corrected chi connectivity index (χ2v) is 4.92. The van der Waals surface area contributed by atoms with E-state index in [1.807, 2.05) is 0 Å². The van der Waals surface area contributed by atoms with Gasteiger partial charge in [-0.15, -0.1) is 10.2 Å². The number of phenols is 1. The molecule has 0 saturated carbocycles. The van der Waals surface area contributed by atoms with Crippen molar-refractivity contribution in [3.8, 4) is 11.6 Å². The largest absolute Gasteiger partial charge is 0.508 e. The lowest BCUT2D eigenvalue weighted by molar-refractivity contribution is 0.0601. The molecule has 0 radical (unpaired) electrons. The average Bonchev–Trinajstić information content (AvgIpc) is 3.17. The van der Waals surface area contributed by atoms with Gasteiger partial charge in [0, 0.05) is 12.4 Å². The Balaban J connectivity index is 1.82. The Morgan fingerprint density at radius 1 is 1.20 bits per heavy atom. The van der Waals surface area contributed by atoms with Gasteiger partial charge in [-0.05, 0) is 30.3 Å². The monoisotopic (exact) mass is 339 g/mol. The number of nitrogens with zero attached hydrogens (tertiary/aromatic N) is 4. The van der Waals surface area contributed by atoms with Crippen LogP contribution in [-0.2, 0) is 4.74 Å². The van der Waals surface area contributed by atoms with Gasteiger partial charge in [0.1, 0.15) is 12.1 Å². The molecule has 0 aliphatic heterocycles. The highest BCUT2D eigenvalue weighted by Gasteiger charge is 2.16. The highest BCUT2D eigenvalue weighted by molar-refractivity contribution is 6.07. The Morgan fingerprint density at radius 2 is 2.04 bits per heavy atom. The zero-order valence-corrected chi connectivity index (χ0v) is 13.1. The lowest BCUT2D eigenvalue weighted by atomic mass is 10.1. The number of imidazole rings is 1. The van der Waals surface area contributed by atoms with Crippen LogP contribution in [0.15, 0.2) is 49.1 Å². The molecule has 0 fully saturated rings. The maximum atomic E-state index is 12.3. The fourth-order valence-corrected chi connectivity index (χ4v) is 2.09. The number of hydrogen-bond donors (Lipinski definition) is 2. The normalized spacial score (nSPS) is 10.3. The Bertz CT molecular complexity index is 907. The number of ether oxygens (including phenoxy) is 1. The van der Waals surface area contributed by atoms with Crippen molar-refractivity contribution in [2.45, 2.75) is 0 Å². The molecule has 9 heteroatoms. The van der Waals surface area contributed by atoms with Crippen molar-refractivity contribution in [2.24, 2.45) is 0 Å². The number of anilines is 1. The zero-order chi connectivity index (χ0) is 17.8. The first-order valence-corrected chi connectivity index (χ1v) is 7.13. The van der Waals surface area contributed by atoms with E-state index >= 15 is 0 Å². The van der Waals surface area contributed by atoms with Crippen molar-refractivity contribution in [3.05, 3.63) is 60.3 Å². The van der Waals surface area contributed by atoms with Gasteiger partial charge in [0.2, 0.25) is 0 Å². The Hall–Kier alpha value is -3.75. The van der Waals surface area contributed by atoms with Gasteiger partial charge >= 0.3 is 5.97 Å². The fourth-order valence-electron chi connectivity index (χ4n) is 2.09. The number of aromatic nitrogens is 4. The summed E-state index contributed by atoms with van der Waals surface area (Å²) in [6, 6.07) is 7.05. The SMILES string of the molecule is COC(=O)c1cc(O)ccc1NC(=O)c1ccc(-n2ccnc2)nn1. The number of benzene rings is 1. The predicted octanol–water partition coefficient (Wildman–Crippen LogP) is 1.41. The highest BCUT2D eigenvalue weighted by Crippen LogP contribution is 2.22. The third kappa shape index (κ3) is 3.44. The van der Waals surface area contributed by atoms with Crippen molar-refractivity contribution in [1.82, 2.24) is 19.7 Å². The Morgan fingerprint density at radius 3 is 2.68 bits per heavy atom. The van der Waals surface area contributed by atoms with E-state index in [0.717, 1.165) is 0 Å². The molecule has 25 heavy (non-hydrogen) atoms. The molecule has 2 heterocycles. The van der Waals surface area contributed by atoms with Crippen LogP contribution in [0.4, 0.5) is 5.69 Å². The van der Waals surface area contributed by atoms with Crippen LogP contribution >= 0.6 is 0 Å². The molecule has 0 spiro atoms. The summed E-state index contributed by atoms with van der Waals surface area (Å²) in [4.78, 5) is 28.0. The molecular formula is C16H13N5O4. The number of amides is 1. The van der Waals surface area contributed by atoms with Gasteiger partial charge in [0.15, 0.2) is 11.5 Å². The molecular weight excluding hydrogens is 326 g/mol. The van der Waals surface area contributed by atoms with Gasteiger partial charge < -0.3 is 15.2 Å². The molecule has 3 rings (SSSR count). The van der Waals surface area contributed by atoms with E-state index < -0.39 is 11.9 Å². The van der Waals surface area contributed by atoms with Crippen molar-refractivity contribution in [2.75, 3.05) is 12.4 Å². The quantitative estimate of drug-likeness (QED) is 0.545. The second kappa shape index (κ2) is 6.79.